The maximum absolute atomic E-state index is 13.4. The van der Waals surface area contributed by atoms with Crippen molar-refractivity contribution in [3.8, 4) is 28.5 Å². The zero-order valence-corrected chi connectivity index (χ0v) is 16.3. The Morgan fingerprint density at radius 3 is 2.63 bits per heavy atom. The summed E-state index contributed by atoms with van der Waals surface area (Å²) in [5, 5.41) is 2.70. The third-order valence-electron chi connectivity index (χ3n) is 4.44. The van der Waals surface area contributed by atoms with Crippen LogP contribution in [-0.4, -0.2) is 17.5 Å². The molecule has 0 aliphatic heterocycles. The highest BCUT2D eigenvalue weighted by Gasteiger charge is 2.17. The first-order valence-electron chi connectivity index (χ1n) is 9.49. The van der Waals surface area contributed by atoms with Crippen molar-refractivity contribution in [2.24, 2.45) is 0 Å². The van der Waals surface area contributed by atoms with Gasteiger partial charge in [0, 0.05) is 16.8 Å². The summed E-state index contributed by atoms with van der Waals surface area (Å²) in [6.45, 7) is 2.53. The predicted octanol–water partition coefficient (Wildman–Crippen LogP) is 5.80. The SMILES string of the molecule is CCOc1ccc(-c2cnc(-c3ccccc3C(=O)Nc3cccc(F)c3)o2)cc1. The Balaban J connectivity index is 1.60. The molecule has 1 N–H and O–H groups in total. The molecule has 0 unspecified atom stereocenters. The molecular formula is C24H19FN2O3. The van der Waals surface area contributed by atoms with Gasteiger partial charge in [-0.2, -0.15) is 0 Å². The monoisotopic (exact) mass is 402 g/mol. The maximum Gasteiger partial charge on any atom is 0.256 e. The smallest absolute Gasteiger partial charge is 0.256 e. The van der Waals surface area contributed by atoms with Crippen molar-refractivity contribution in [1.29, 1.82) is 0 Å². The number of carbonyl (C=O) groups excluding carboxylic acids is 1. The molecule has 1 heterocycles. The highest BCUT2D eigenvalue weighted by atomic mass is 19.1. The number of amides is 1. The van der Waals surface area contributed by atoms with Crippen molar-refractivity contribution in [2.75, 3.05) is 11.9 Å². The lowest BCUT2D eigenvalue weighted by molar-refractivity contribution is 0.102. The summed E-state index contributed by atoms with van der Waals surface area (Å²) in [5.41, 5.74) is 2.14. The van der Waals surface area contributed by atoms with Crippen molar-refractivity contribution in [3.05, 3.63) is 90.4 Å². The minimum atomic E-state index is -0.422. The number of aromatic nitrogens is 1. The van der Waals surface area contributed by atoms with Gasteiger partial charge in [0.2, 0.25) is 5.89 Å². The third-order valence-corrected chi connectivity index (χ3v) is 4.44. The van der Waals surface area contributed by atoms with Gasteiger partial charge in [-0.1, -0.05) is 18.2 Å². The molecule has 4 aromatic rings. The highest BCUT2D eigenvalue weighted by Crippen LogP contribution is 2.29. The first-order valence-corrected chi connectivity index (χ1v) is 9.49. The van der Waals surface area contributed by atoms with Gasteiger partial charge in [-0.15, -0.1) is 0 Å². The van der Waals surface area contributed by atoms with Crippen molar-refractivity contribution in [2.45, 2.75) is 6.92 Å². The van der Waals surface area contributed by atoms with Crippen LogP contribution in [0.2, 0.25) is 0 Å². The average molecular weight is 402 g/mol. The third kappa shape index (κ3) is 4.22. The van der Waals surface area contributed by atoms with Crippen LogP contribution in [0, 0.1) is 5.82 Å². The van der Waals surface area contributed by atoms with E-state index in [1.807, 2.05) is 31.2 Å². The van der Waals surface area contributed by atoms with Crippen LogP contribution in [0.4, 0.5) is 10.1 Å². The summed E-state index contributed by atoms with van der Waals surface area (Å²) in [5.74, 6) is 0.878. The molecule has 3 aromatic carbocycles. The molecule has 0 saturated heterocycles. The second-order valence-corrected chi connectivity index (χ2v) is 6.50. The first-order chi connectivity index (χ1) is 14.6. The van der Waals surface area contributed by atoms with E-state index in [0.717, 1.165) is 11.3 Å². The van der Waals surface area contributed by atoms with Crippen molar-refractivity contribution in [3.63, 3.8) is 0 Å². The van der Waals surface area contributed by atoms with Gasteiger partial charge in [-0.05, 0) is 61.5 Å². The largest absolute Gasteiger partial charge is 0.494 e. The van der Waals surface area contributed by atoms with Crippen molar-refractivity contribution in [1.82, 2.24) is 4.98 Å². The molecule has 0 spiro atoms. The lowest BCUT2D eigenvalue weighted by Gasteiger charge is -2.08. The van der Waals surface area contributed by atoms with E-state index in [4.69, 9.17) is 9.15 Å². The van der Waals surface area contributed by atoms with Gasteiger partial charge in [-0.25, -0.2) is 9.37 Å². The number of nitrogens with zero attached hydrogens (tertiary/aromatic N) is 1. The molecule has 150 valence electrons. The Hall–Kier alpha value is -3.93. The summed E-state index contributed by atoms with van der Waals surface area (Å²) in [7, 11) is 0. The second-order valence-electron chi connectivity index (χ2n) is 6.50. The summed E-state index contributed by atoms with van der Waals surface area (Å²) >= 11 is 0. The van der Waals surface area contributed by atoms with E-state index in [-0.39, 0.29) is 5.91 Å². The number of benzene rings is 3. The maximum atomic E-state index is 13.4. The molecular weight excluding hydrogens is 383 g/mol. The molecule has 6 heteroatoms. The molecule has 0 atom stereocenters. The van der Waals surface area contributed by atoms with E-state index in [9.17, 15) is 9.18 Å². The van der Waals surface area contributed by atoms with E-state index in [0.29, 0.717) is 35.1 Å². The predicted molar refractivity (Wildman–Crippen MR) is 113 cm³/mol. The Labute approximate surface area is 173 Å². The number of hydrogen-bond acceptors (Lipinski definition) is 4. The molecule has 0 bridgehead atoms. The Morgan fingerprint density at radius 1 is 1.07 bits per heavy atom. The standard InChI is InChI=1S/C24H19FN2O3/c1-2-29-19-12-10-16(11-13-19)22-15-26-24(30-22)21-9-4-3-8-20(21)23(28)27-18-7-5-6-17(25)14-18/h3-15H,2H2,1H3,(H,27,28). The first kappa shape index (κ1) is 19.4. The summed E-state index contributed by atoms with van der Waals surface area (Å²) in [6.07, 6.45) is 1.62. The zero-order valence-electron chi connectivity index (χ0n) is 16.3. The van der Waals surface area contributed by atoms with E-state index in [1.54, 1.807) is 36.5 Å². The second kappa shape index (κ2) is 8.61. The Bertz CT molecular complexity index is 1170. The van der Waals surface area contributed by atoms with Gasteiger partial charge < -0.3 is 14.5 Å². The topological polar surface area (TPSA) is 64.4 Å². The van der Waals surface area contributed by atoms with Gasteiger partial charge in [-0.3, -0.25) is 4.79 Å². The van der Waals surface area contributed by atoms with Crippen molar-refractivity contribution >= 4 is 11.6 Å². The fourth-order valence-corrected chi connectivity index (χ4v) is 3.05. The van der Waals surface area contributed by atoms with Crippen LogP contribution in [0.1, 0.15) is 17.3 Å². The molecule has 0 aliphatic rings. The number of nitrogens with one attached hydrogen (secondary N) is 1. The molecule has 30 heavy (non-hydrogen) atoms. The van der Waals surface area contributed by atoms with E-state index in [2.05, 4.69) is 10.3 Å². The van der Waals surface area contributed by atoms with Crippen LogP contribution in [0.25, 0.3) is 22.8 Å². The van der Waals surface area contributed by atoms with E-state index in [1.165, 1.54) is 18.2 Å². The van der Waals surface area contributed by atoms with E-state index < -0.39 is 5.82 Å². The Morgan fingerprint density at radius 2 is 1.87 bits per heavy atom. The number of hydrogen-bond donors (Lipinski definition) is 1. The Kier molecular flexibility index (Phi) is 5.57. The van der Waals surface area contributed by atoms with Crippen LogP contribution in [0.5, 0.6) is 5.75 Å². The number of anilines is 1. The van der Waals surface area contributed by atoms with Gasteiger partial charge in [0.1, 0.15) is 11.6 Å². The number of halogens is 1. The normalized spacial score (nSPS) is 10.6. The summed E-state index contributed by atoms with van der Waals surface area (Å²) in [4.78, 5) is 17.1. The van der Waals surface area contributed by atoms with Crippen LogP contribution in [0.15, 0.2) is 83.4 Å². The lowest BCUT2D eigenvalue weighted by Crippen LogP contribution is -2.13. The average Bonchev–Trinajstić information content (AvgIpc) is 3.25. The number of carbonyl (C=O) groups is 1. The molecule has 1 aromatic heterocycles. The number of ether oxygens (including phenoxy) is 1. The molecule has 1 amide bonds. The van der Waals surface area contributed by atoms with Gasteiger partial charge in [0.15, 0.2) is 5.76 Å². The van der Waals surface area contributed by atoms with Gasteiger partial charge in [0.25, 0.3) is 5.91 Å². The van der Waals surface area contributed by atoms with Crippen molar-refractivity contribution < 1.29 is 18.3 Å². The molecule has 4 rings (SSSR count). The van der Waals surface area contributed by atoms with Crippen LogP contribution < -0.4 is 10.1 Å². The molecule has 0 radical (unpaired) electrons. The van der Waals surface area contributed by atoms with Gasteiger partial charge >= 0.3 is 0 Å². The minimum absolute atomic E-state index is 0.323. The minimum Gasteiger partial charge on any atom is -0.494 e. The fraction of sp³-hybridized carbons (Fsp3) is 0.0833. The van der Waals surface area contributed by atoms with E-state index >= 15 is 0 Å². The fourth-order valence-electron chi connectivity index (χ4n) is 3.05. The molecule has 0 fully saturated rings. The molecule has 0 saturated carbocycles. The van der Waals surface area contributed by atoms with Crippen LogP contribution in [-0.2, 0) is 0 Å². The van der Waals surface area contributed by atoms with Crippen LogP contribution >= 0.6 is 0 Å². The molecule has 0 aliphatic carbocycles. The highest BCUT2D eigenvalue weighted by molar-refractivity contribution is 6.08. The number of oxazole rings is 1. The number of rotatable bonds is 6. The molecule has 5 nitrogen and oxygen atoms in total. The van der Waals surface area contributed by atoms with Gasteiger partial charge in [0.05, 0.1) is 18.4 Å². The summed E-state index contributed by atoms with van der Waals surface area (Å²) < 4.78 is 24.8. The lowest BCUT2D eigenvalue weighted by atomic mass is 10.1. The van der Waals surface area contributed by atoms with Crippen LogP contribution in [0.3, 0.4) is 0 Å². The zero-order chi connectivity index (χ0) is 20.9. The quantitative estimate of drug-likeness (QED) is 0.443. The summed E-state index contributed by atoms with van der Waals surface area (Å²) in [6, 6.07) is 20.2.